The summed E-state index contributed by atoms with van der Waals surface area (Å²) in [5, 5.41) is 12.7. The van der Waals surface area contributed by atoms with E-state index < -0.39 is 0 Å². The van der Waals surface area contributed by atoms with Crippen LogP contribution in [0.2, 0.25) is 0 Å². The number of aromatic hydroxyl groups is 1. The quantitative estimate of drug-likeness (QED) is 0.848. The second kappa shape index (κ2) is 6.96. The van der Waals surface area contributed by atoms with E-state index in [2.05, 4.69) is 18.3 Å². The number of nitrogens with one attached hydrogen (secondary N) is 1. The van der Waals surface area contributed by atoms with E-state index >= 15 is 0 Å². The molecule has 0 saturated carbocycles. The Kier molecular flexibility index (Phi) is 5.02. The molecule has 3 nitrogen and oxygen atoms in total. The van der Waals surface area contributed by atoms with E-state index in [0.29, 0.717) is 11.8 Å². The predicted octanol–water partition coefficient (Wildman–Crippen LogP) is 3.12. The van der Waals surface area contributed by atoms with Gasteiger partial charge in [0.15, 0.2) is 0 Å². The van der Waals surface area contributed by atoms with Crippen molar-refractivity contribution in [1.82, 2.24) is 5.32 Å². The summed E-state index contributed by atoms with van der Waals surface area (Å²) in [5.41, 5.74) is 2.37. The Balaban J connectivity index is 1.89. The number of ether oxygens (including phenoxy) is 1. The van der Waals surface area contributed by atoms with Crippen LogP contribution in [0, 0.1) is 0 Å². The molecule has 0 aromatic heterocycles. The number of hydrogen-bond acceptors (Lipinski definition) is 3. The lowest BCUT2D eigenvalue weighted by molar-refractivity contribution is 0.406. The lowest BCUT2D eigenvalue weighted by atomic mass is 10.1. The lowest BCUT2D eigenvalue weighted by Gasteiger charge is -2.16. The van der Waals surface area contributed by atoms with Gasteiger partial charge in [-0.15, -0.1) is 0 Å². The second-order valence-corrected chi connectivity index (χ2v) is 4.96. The fraction of sp³-hybridized carbons (Fsp3) is 0.294. The van der Waals surface area contributed by atoms with E-state index in [9.17, 15) is 5.11 Å². The maximum atomic E-state index is 9.25. The third-order valence-corrected chi connectivity index (χ3v) is 3.31. The molecule has 1 atom stereocenters. The van der Waals surface area contributed by atoms with Crippen LogP contribution in [0.3, 0.4) is 0 Å². The minimum absolute atomic E-state index is 0.302. The SMILES string of the molecule is COc1ccccc1CC(C)NCc1ccc(O)cc1. The second-order valence-electron chi connectivity index (χ2n) is 4.96. The molecule has 2 aromatic carbocycles. The van der Waals surface area contributed by atoms with Gasteiger partial charge in [0.05, 0.1) is 7.11 Å². The molecule has 0 amide bonds. The Morgan fingerprint density at radius 1 is 1.10 bits per heavy atom. The molecule has 2 aromatic rings. The van der Waals surface area contributed by atoms with E-state index in [0.717, 1.165) is 24.3 Å². The largest absolute Gasteiger partial charge is 0.508 e. The lowest BCUT2D eigenvalue weighted by Crippen LogP contribution is -2.27. The molecule has 0 saturated heterocycles. The molecule has 1 unspecified atom stereocenters. The fourth-order valence-corrected chi connectivity index (χ4v) is 2.18. The Morgan fingerprint density at radius 2 is 1.80 bits per heavy atom. The van der Waals surface area contributed by atoms with Crippen molar-refractivity contribution in [2.24, 2.45) is 0 Å². The van der Waals surface area contributed by atoms with Crippen molar-refractivity contribution in [2.45, 2.75) is 25.9 Å². The maximum Gasteiger partial charge on any atom is 0.122 e. The highest BCUT2D eigenvalue weighted by atomic mass is 16.5. The molecule has 0 heterocycles. The average Bonchev–Trinajstić information content (AvgIpc) is 2.47. The molecule has 106 valence electrons. The number of phenolic OH excluding ortho intramolecular Hbond substituents is 1. The van der Waals surface area contributed by atoms with Crippen molar-refractivity contribution in [1.29, 1.82) is 0 Å². The minimum Gasteiger partial charge on any atom is -0.508 e. The normalized spacial score (nSPS) is 12.1. The highest BCUT2D eigenvalue weighted by Crippen LogP contribution is 2.19. The van der Waals surface area contributed by atoms with Crippen LogP contribution in [-0.4, -0.2) is 18.3 Å². The van der Waals surface area contributed by atoms with Gasteiger partial charge in [0, 0.05) is 12.6 Å². The molecule has 3 heteroatoms. The molecule has 0 aliphatic rings. The third-order valence-electron chi connectivity index (χ3n) is 3.31. The zero-order valence-electron chi connectivity index (χ0n) is 12.0. The van der Waals surface area contributed by atoms with E-state index in [-0.39, 0.29) is 0 Å². The highest BCUT2D eigenvalue weighted by Gasteiger charge is 2.07. The molecule has 0 radical (unpaired) electrons. The molecule has 0 bridgehead atoms. The number of hydrogen-bond donors (Lipinski definition) is 2. The van der Waals surface area contributed by atoms with Crippen LogP contribution < -0.4 is 10.1 Å². The zero-order valence-corrected chi connectivity index (χ0v) is 12.0. The van der Waals surface area contributed by atoms with Gasteiger partial charge >= 0.3 is 0 Å². The van der Waals surface area contributed by atoms with Gasteiger partial charge in [0.2, 0.25) is 0 Å². The molecule has 2 N–H and O–H groups in total. The van der Waals surface area contributed by atoms with Gasteiger partial charge < -0.3 is 15.2 Å². The van der Waals surface area contributed by atoms with Crippen molar-refractivity contribution in [3.8, 4) is 11.5 Å². The van der Waals surface area contributed by atoms with Gasteiger partial charge in [-0.2, -0.15) is 0 Å². The Bertz CT molecular complexity index is 537. The first-order valence-electron chi connectivity index (χ1n) is 6.82. The first-order chi connectivity index (χ1) is 9.69. The molecular weight excluding hydrogens is 250 g/mol. The number of para-hydroxylation sites is 1. The summed E-state index contributed by atoms with van der Waals surface area (Å²) in [7, 11) is 1.70. The number of benzene rings is 2. The summed E-state index contributed by atoms with van der Waals surface area (Å²) >= 11 is 0. The Morgan fingerprint density at radius 3 is 2.50 bits per heavy atom. The third kappa shape index (κ3) is 4.00. The standard InChI is InChI=1S/C17H21NO2/c1-13(11-15-5-3-4-6-17(15)20-2)18-12-14-7-9-16(19)10-8-14/h3-10,13,18-19H,11-12H2,1-2H3. The smallest absolute Gasteiger partial charge is 0.122 e. The number of phenols is 1. The fourth-order valence-electron chi connectivity index (χ4n) is 2.18. The van der Waals surface area contributed by atoms with Crippen LogP contribution in [0.4, 0.5) is 0 Å². The van der Waals surface area contributed by atoms with Crippen molar-refractivity contribution in [3.05, 3.63) is 59.7 Å². The van der Waals surface area contributed by atoms with Crippen LogP contribution in [0.25, 0.3) is 0 Å². The summed E-state index contributed by atoms with van der Waals surface area (Å²) in [5.74, 6) is 1.24. The zero-order chi connectivity index (χ0) is 14.4. The van der Waals surface area contributed by atoms with E-state index in [1.807, 2.05) is 30.3 Å². The van der Waals surface area contributed by atoms with Crippen LogP contribution >= 0.6 is 0 Å². The van der Waals surface area contributed by atoms with Gasteiger partial charge in [0.25, 0.3) is 0 Å². The topological polar surface area (TPSA) is 41.5 Å². The van der Waals surface area contributed by atoms with Crippen LogP contribution in [0.1, 0.15) is 18.1 Å². The highest BCUT2D eigenvalue weighted by molar-refractivity contribution is 5.33. The number of methoxy groups -OCH3 is 1. The first kappa shape index (κ1) is 14.4. The van der Waals surface area contributed by atoms with Gasteiger partial charge in [-0.3, -0.25) is 0 Å². The van der Waals surface area contributed by atoms with E-state index in [1.54, 1.807) is 19.2 Å². The maximum absolute atomic E-state index is 9.25. The van der Waals surface area contributed by atoms with Crippen LogP contribution in [0.5, 0.6) is 11.5 Å². The van der Waals surface area contributed by atoms with Crippen molar-refractivity contribution < 1.29 is 9.84 Å². The van der Waals surface area contributed by atoms with Crippen molar-refractivity contribution in [2.75, 3.05) is 7.11 Å². The van der Waals surface area contributed by atoms with Crippen molar-refractivity contribution in [3.63, 3.8) is 0 Å². The summed E-state index contributed by atoms with van der Waals surface area (Å²) in [6.07, 6.45) is 0.919. The van der Waals surface area contributed by atoms with Gasteiger partial charge in [-0.25, -0.2) is 0 Å². The molecular formula is C17H21NO2. The Labute approximate surface area is 120 Å². The molecule has 0 fully saturated rings. The van der Waals surface area contributed by atoms with Gasteiger partial charge in [0.1, 0.15) is 11.5 Å². The van der Waals surface area contributed by atoms with Crippen LogP contribution in [0.15, 0.2) is 48.5 Å². The Hall–Kier alpha value is -2.00. The van der Waals surface area contributed by atoms with E-state index in [4.69, 9.17) is 4.74 Å². The van der Waals surface area contributed by atoms with Gasteiger partial charge in [-0.05, 0) is 42.7 Å². The van der Waals surface area contributed by atoms with Gasteiger partial charge in [-0.1, -0.05) is 30.3 Å². The minimum atomic E-state index is 0.302. The van der Waals surface area contributed by atoms with E-state index in [1.165, 1.54) is 5.56 Å². The predicted molar refractivity (Wildman–Crippen MR) is 81.1 cm³/mol. The molecule has 2 rings (SSSR count). The summed E-state index contributed by atoms with van der Waals surface area (Å²) in [6, 6.07) is 15.7. The molecule has 20 heavy (non-hydrogen) atoms. The number of rotatable bonds is 6. The monoisotopic (exact) mass is 271 g/mol. The summed E-state index contributed by atoms with van der Waals surface area (Å²) in [6.45, 7) is 2.95. The summed E-state index contributed by atoms with van der Waals surface area (Å²) < 4.78 is 5.37. The molecule has 0 aliphatic carbocycles. The van der Waals surface area contributed by atoms with Crippen molar-refractivity contribution >= 4 is 0 Å². The first-order valence-corrected chi connectivity index (χ1v) is 6.82. The summed E-state index contributed by atoms with van der Waals surface area (Å²) in [4.78, 5) is 0. The van der Waals surface area contributed by atoms with Crippen LogP contribution in [-0.2, 0) is 13.0 Å². The average molecular weight is 271 g/mol. The molecule has 0 spiro atoms. The molecule has 0 aliphatic heterocycles.